The number of nitrogens with zero attached hydrogens (tertiary/aromatic N) is 4. The first-order valence-corrected chi connectivity index (χ1v) is 14.4. The lowest BCUT2D eigenvalue weighted by molar-refractivity contribution is -0.122. The molecule has 1 aliphatic heterocycles. The lowest BCUT2D eigenvalue weighted by Crippen LogP contribution is -2.42. The number of likely N-dealkylation sites (N-methyl/N-ethyl adjacent to an activating group) is 2. The van der Waals surface area contributed by atoms with Crippen LogP contribution in [0.5, 0.6) is 5.75 Å². The zero-order valence-electron chi connectivity index (χ0n) is 23.7. The van der Waals surface area contributed by atoms with Gasteiger partial charge in [0.2, 0.25) is 10.0 Å². The standard InChI is InChI=1S/C28H42N4O5S/c1-21-17-26(36-7)18-22(2)28(21)38(34,35)30(5)15-16-37-20-27(33)31(6)24-9-8-10-25(19-24)32-13-11-23(12-14-32)29(3)4/h8-10,17-19,23H,11-16,20H2,1-7H3. The molecule has 2 aromatic carbocycles. The number of amides is 1. The van der Waals surface area contributed by atoms with E-state index in [1.165, 1.54) is 11.4 Å². The number of hydrogen-bond donors (Lipinski definition) is 0. The molecule has 1 fully saturated rings. The number of sulfonamides is 1. The summed E-state index contributed by atoms with van der Waals surface area (Å²) in [5.74, 6) is 0.424. The number of hydrogen-bond acceptors (Lipinski definition) is 7. The molecule has 0 aromatic heterocycles. The highest BCUT2D eigenvalue weighted by Gasteiger charge is 2.26. The van der Waals surface area contributed by atoms with Crippen LogP contribution in [-0.2, 0) is 19.6 Å². The molecule has 38 heavy (non-hydrogen) atoms. The molecule has 10 heteroatoms. The van der Waals surface area contributed by atoms with Crippen molar-refractivity contribution in [2.75, 3.05) is 77.9 Å². The van der Waals surface area contributed by atoms with E-state index in [9.17, 15) is 13.2 Å². The molecule has 0 unspecified atom stereocenters. The first kappa shape index (κ1) is 29.9. The van der Waals surface area contributed by atoms with Crippen LogP contribution in [0.2, 0.25) is 0 Å². The fraction of sp³-hybridized carbons (Fsp3) is 0.536. The second-order valence-electron chi connectivity index (χ2n) is 10.1. The molecule has 0 saturated carbocycles. The van der Waals surface area contributed by atoms with Gasteiger partial charge in [-0.25, -0.2) is 8.42 Å². The van der Waals surface area contributed by atoms with Crippen LogP contribution in [0, 0.1) is 13.8 Å². The van der Waals surface area contributed by atoms with Crippen LogP contribution >= 0.6 is 0 Å². The van der Waals surface area contributed by atoms with Crippen molar-refractivity contribution in [3.63, 3.8) is 0 Å². The van der Waals surface area contributed by atoms with Gasteiger partial charge in [-0.15, -0.1) is 0 Å². The molecule has 2 aromatic rings. The van der Waals surface area contributed by atoms with E-state index in [0.29, 0.717) is 22.9 Å². The Bertz CT molecular complexity index is 1190. The van der Waals surface area contributed by atoms with E-state index >= 15 is 0 Å². The number of piperidine rings is 1. The predicted molar refractivity (Wildman–Crippen MR) is 152 cm³/mol. The largest absolute Gasteiger partial charge is 0.497 e. The summed E-state index contributed by atoms with van der Waals surface area (Å²) in [5.41, 5.74) is 3.15. The van der Waals surface area contributed by atoms with Gasteiger partial charge in [0, 0.05) is 51.1 Å². The summed E-state index contributed by atoms with van der Waals surface area (Å²) in [6.07, 6.45) is 2.23. The van der Waals surface area contributed by atoms with Crippen LogP contribution in [0.1, 0.15) is 24.0 Å². The highest BCUT2D eigenvalue weighted by molar-refractivity contribution is 7.89. The zero-order chi connectivity index (χ0) is 28.0. The van der Waals surface area contributed by atoms with Crippen LogP contribution in [0.25, 0.3) is 0 Å². The molecule has 0 aliphatic carbocycles. The van der Waals surface area contributed by atoms with Crippen molar-refractivity contribution in [2.24, 2.45) is 0 Å². The number of carbonyl (C=O) groups is 1. The Morgan fingerprint density at radius 2 is 1.66 bits per heavy atom. The molecule has 9 nitrogen and oxygen atoms in total. The Morgan fingerprint density at radius 3 is 2.24 bits per heavy atom. The van der Waals surface area contributed by atoms with Crippen LogP contribution in [0.15, 0.2) is 41.3 Å². The molecule has 0 spiro atoms. The maximum absolute atomic E-state index is 13.2. The fourth-order valence-corrected chi connectivity index (χ4v) is 6.40. The van der Waals surface area contributed by atoms with Gasteiger partial charge in [0.1, 0.15) is 12.4 Å². The lowest BCUT2D eigenvalue weighted by atomic mass is 10.0. The minimum atomic E-state index is -3.71. The molecule has 3 rings (SSSR count). The van der Waals surface area contributed by atoms with Crippen LogP contribution in [0.4, 0.5) is 11.4 Å². The maximum atomic E-state index is 13.2. The van der Waals surface area contributed by atoms with E-state index in [-0.39, 0.29) is 30.6 Å². The van der Waals surface area contributed by atoms with Gasteiger partial charge >= 0.3 is 0 Å². The fourth-order valence-electron chi connectivity index (χ4n) is 4.84. The number of carbonyl (C=O) groups excluding carboxylic acids is 1. The second-order valence-corrected chi connectivity index (χ2v) is 12.1. The molecular formula is C28H42N4O5S. The summed E-state index contributed by atoms with van der Waals surface area (Å²) < 4.78 is 38.4. The zero-order valence-corrected chi connectivity index (χ0v) is 24.5. The summed E-state index contributed by atoms with van der Waals surface area (Å²) in [7, 11) is 5.34. The van der Waals surface area contributed by atoms with Gasteiger partial charge in [0.25, 0.3) is 5.91 Å². The van der Waals surface area contributed by atoms with Gasteiger partial charge in [-0.05, 0) is 82.2 Å². The number of aryl methyl sites for hydroxylation is 2. The van der Waals surface area contributed by atoms with Crippen molar-refractivity contribution < 1.29 is 22.7 Å². The first-order valence-electron chi connectivity index (χ1n) is 12.9. The minimum absolute atomic E-state index is 0.102. The molecule has 0 atom stereocenters. The molecule has 0 N–H and O–H groups in total. The van der Waals surface area contributed by atoms with E-state index in [0.717, 1.165) is 37.3 Å². The van der Waals surface area contributed by atoms with E-state index in [1.807, 2.05) is 18.2 Å². The Hall–Kier alpha value is -2.66. The number of anilines is 2. The third-order valence-electron chi connectivity index (χ3n) is 7.26. The van der Waals surface area contributed by atoms with Gasteiger partial charge in [-0.3, -0.25) is 4.79 Å². The van der Waals surface area contributed by atoms with Crippen molar-refractivity contribution in [3.8, 4) is 5.75 Å². The average Bonchev–Trinajstić information content (AvgIpc) is 2.89. The van der Waals surface area contributed by atoms with E-state index in [1.54, 1.807) is 45.0 Å². The Kier molecular flexibility index (Phi) is 10.2. The predicted octanol–water partition coefficient (Wildman–Crippen LogP) is 3.14. The third kappa shape index (κ3) is 7.05. The Labute approximate surface area is 228 Å². The second kappa shape index (κ2) is 12.9. The normalized spacial score (nSPS) is 14.8. The molecule has 210 valence electrons. The number of methoxy groups -OCH3 is 1. The van der Waals surface area contributed by atoms with Gasteiger partial charge in [-0.2, -0.15) is 4.31 Å². The smallest absolute Gasteiger partial charge is 0.252 e. The van der Waals surface area contributed by atoms with Crippen molar-refractivity contribution >= 4 is 27.3 Å². The molecule has 0 bridgehead atoms. The van der Waals surface area contributed by atoms with E-state index < -0.39 is 10.0 Å². The highest BCUT2D eigenvalue weighted by atomic mass is 32.2. The molecule has 1 saturated heterocycles. The van der Waals surface area contributed by atoms with Gasteiger partial charge in [0.15, 0.2) is 0 Å². The SMILES string of the molecule is COc1cc(C)c(S(=O)(=O)N(C)CCOCC(=O)N(C)c2cccc(N3CCC(N(C)C)CC3)c2)c(C)c1. The van der Waals surface area contributed by atoms with Crippen molar-refractivity contribution in [2.45, 2.75) is 37.6 Å². The summed E-state index contributed by atoms with van der Waals surface area (Å²) >= 11 is 0. The van der Waals surface area contributed by atoms with Crippen molar-refractivity contribution in [3.05, 3.63) is 47.5 Å². The van der Waals surface area contributed by atoms with Gasteiger partial charge < -0.3 is 24.2 Å². The average molecular weight is 547 g/mol. The molecular weight excluding hydrogens is 504 g/mol. The van der Waals surface area contributed by atoms with Gasteiger partial charge in [0.05, 0.1) is 18.6 Å². The van der Waals surface area contributed by atoms with Crippen molar-refractivity contribution in [1.82, 2.24) is 9.21 Å². The monoisotopic (exact) mass is 546 g/mol. The topological polar surface area (TPSA) is 82.6 Å². The third-order valence-corrected chi connectivity index (χ3v) is 9.43. The van der Waals surface area contributed by atoms with Crippen LogP contribution in [-0.4, -0.2) is 97.7 Å². The number of benzene rings is 2. The van der Waals surface area contributed by atoms with Crippen LogP contribution in [0.3, 0.4) is 0 Å². The minimum Gasteiger partial charge on any atom is -0.497 e. The van der Waals surface area contributed by atoms with Gasteiger partial charge in [-0.1, -0.05) is 6.07 Å². The Balaban J connectivity index is 1.52. The first-order chi connectivity index (χ1) is 17.9. The maximum Gasteiger partial charge on any atom is 0.252 e. The molecule has 1 aliphatic rings. The van der Waals surface area contributed by atoms with E-state index in [2.05, 4.69) is 30.0 Å². The number of ether oxygens (including phenoxy) is 2. The summed E-state index contributed by atoms with van der Waals surface area (Å²) in [5, 5.41) is 0. The molecule has 1 heterocycles. The number of rotatable bonds is 11. The molecule has 0 radical (unpaired) electrons. The van der Waals surface area contributed by atoms with Crippen molar-refractivity contribution in [1.29, 1.82) is 0 Å². The summed E-state index contributed by atoms with van der Waals surface area (Å²) in [6.45, 7) is 5.57. The Morgan fingerprint density at radius 1 is 1.03 bits per heavy atom. The lowest BCUT2D eigenvalue weighted by Gasteiger charge is -2.36. The highest BCUT2D eigenvalue weighted by Crippen LogP contribution is 2.28. The summed E-state index contributed by atoms with van der Waals surface area (Å²) in [4.78, 5) is 19.3. The van der Waals surface area contributed by atoms with Crippen LogP contribution < -0.4 is 14.5 Å². The summed E-state index contributed by atoms with van der Waals surface area (Å²) in [6, 6.07) is 12.0. The molecule has 1 amide bonds. The van der Waals surface area contributed by atoms with E-state index in [4.69, 9.17) is 9.47 Å². The quantitative estimate of drug-likeness (QED) is 0.401.